The summed E-state index contributed by atoms with van der Waals surface area (Å²) in [6, 6.07) is 7.38. The Hall–Kier alpha value is -4.19. The number of methoxy groups -OCH3 is 1. The molecule has 1 aromatic heterocycles. The van der Waals surface area contributed by atoms with Gasteiger partial charge in [0.25, 0.3) is 0 Å². The molecule has 1 amide bonds. The quantitative estimate of drug-likeness (QED) is 0.188. The molecule has 1 aliphatic rings. The number of carbonyl (C=O) groups excluding carboxylic acids is 2. The van der Waals surface area contributed by atoms with Gasteiger partial charge >= 0.3 is 12.3 Å². The van der Waals surface area contributed by atoms with Gasteiger partial charge in [0.15, 0.2) is 0 Å². The monoisotopic (exact) mass is 617 g/mol. The molecule has 240 valence electrons. The first-order chi connectivity index (χ1) is 20.7. The normalized spacial score (nSPS) is 14.2. The van der Waals surface area contributed by atoms with E-state index in [0.717, 1.165) is 11.9 Å². The number of piperazine rings is 1. The molecule has 0 bridgehead atoms. The zero-order valence-electron chi connectivity index (χ0n) is 26.2. The van der Waals surface area contributed by atoms with E-state index in [1.165, 1.54) is 0 Å². The summed E-state index contributed by atoms with van der Waals surface area (Å²) in [7, 11) is 3.25. The van der Waals surface area contributed by atoms with Gasteiger partial charge in [0.1, 0.15) is 11.9 Å². The lowest BCUT2D eigenvalue weighted by Crippen LogP contribution is -2.50. The van der Waals surface area contributed by atoms with Crippen molar-refractivity contribution in [3.63, 3.8) is 0 Å². The maximum Gasteiger partial charge on any atom is 0.419 e. The molecule has 2 heterocycles. The number of ether oxygens (including phenoxy) is 2. The minimum atomic E-state index is -4.61. The maximum atomic E-state index is 13.6. The number of rotatable bonds is 9. The standard InChI is InChI=1S/C30H36F3N5O3.C2H6O/c1-6-7-22(20-39)18-21(2)8-13-26-25(30(31,32)33)19-34-27(36-26)35-23-9-11-24(12-10-23)37-14-16-38(17-15-37)28(40)41-29(3,4)5;1-3-2/h6-7,9-12,18-20H,2,8,13-17H2,1,3-5H3,(H,34,35,36);1-2H3/b7-6-,22-18+;. The first-order valence-corrected chi connectivity index (χ1v) is 14.1. The van der Waals surface area contributed by atoms with Crippen molar-refractivity contribution >= 4 is 29.7 Å². The third-order valence-corrected chi connectivity index (χ3v) is 6.14. The van der Waals surface area contributed by atoms with Crippen LogP contribution in [0.15, 0.2) is 66.4 Å². The average molecular weight is 618 g/mol. The minimum absolute atomic E-state index is 0.0302. The maximum absolute atomic E-state index is 13.6. The topological polar surface area (TPSA) is 96.9 Å². The molecular formula is C32H42F3N5O4. The van der Waals surface area contributed by atoms with E-state index in [1.807, 2.05) is 32.9 Å². The van der Waals surface area contributed by atoms with Crippen LogP contribution in [0.5, 0.6) is 0 Å². The van der Waals surface area contributed by atoms with Gasteiger partial charge in [-0.25, -0.2) is 14.8 Å². The van der Waals surface area contributed by atoms with Crippen molar-refractivity contribution < 1.29 is 32.2 Å². The number of hydrogen-bond donors (Lipinski definition) is 1. The smallest absolute Gasteiger partial charge is 0.419 e. The summed E-state index contributed by atoms with van der Waals surface area (Å²) >= 11 is 0. The number of aryl methyl sites for hydroxylation is 1. The summed E-state index contributed by atoms with van der Waals surface area (Å²) in [5.41, 5.74) is 0.829. The minimum Gasteiger partial charge on any atom is -0.444 e. The van der Waals surface area contributed by atoms with Crippen LogP contribution in [0, 0.1) is 0 Å². The Morgan fingerprint density at radius 3 is 2.23 bits per heavy atom. The number of halogens is 3. The summed E-state index contributed by atoms with van der Waals surface area (Å²) in [6.45, 7) is 13.5. The Kier molecular flexibility index (Phi) is 13.6. The number of allylic oxidation sites excluding steroid dienone is 5. The van der Waals surface area contributed by atoms with Crippen LogP contribution in [-0.4, -0.2) is 73.2 Å². The summed E-state index contributed by atoms with van der Waals surface area (Å²) < 4.78 is 50.6. The summed E-state index contributed by atoms with van der Waals surface area (Å²) in [5, 5.41) is 2.98. The molecule has 44 heavy (non-hydrogen) atoms. The lowest BCUT2D eigenvalue weighted by atomic mass is 10.0. The predicted molar refractivity (Wildman–Crippen MR) is 166 cm³/mol. The van der Waals surface area contributed by atoms with Gasteiger partial charge in [-0.3, -0.25) is 4.79 Å². The fourth-order valence-corrected chi connectivity index (χ4v) is 4.16. The lowest BCUT2D eigenvalue weighted by Gasteiger charge is -2.36. The molecule has 0 aliphatic carbocycles. The highest BCUT2D eigenvalue weighted by molar-refractivity contribution is 5.78. The van der Waals surface area contributed by atoms with Gasteiger partial charge in [-0.1, -0.05) is 24.3 Å². The van der Waals surface area contributed by atoms with Gasteiger partial charge in [0.2, 0.25) is 5.95 Å². The highest BCUT2D eigenvalue weighted by atomic mass is 19.4. The number of aldehydes is 1. The van der Waals surface area contributed by atoms with Crippen LogP contribution < -0.4 is 10.2 Å². The number of nitrogens with zero attached hydrogens (tertiary/aromatic N) is 4. The molecule has 9 nitrogen and oxygen atoms in total. The molecule has 1 saturated heterocycles. The number of anilines is 3. The third kappa shape index (κ3) is 11.8. The number of alkyl halides is 3. The zero-order chi connectivity index (χ0) is 32.9. The van der Waals surface area contributed by atoms with Gasteiger partial charge < -0.3 is 24.6 Å². The lowest BCUT2D eigenvalue weighted by molar-refractivity contribution is -0.138. The average Bonchev–Trinajstić information content (AvgIpc) is 2.95. The van der Waals surface area contributed by atoms with Gasteiger partial charge in [-0.2, -0.15) is 13.2 Å². The number of nitrogens with one attached hydrogen (secondary N) is 1. The second-order valence-corrected chi connectivity index (χ2v) is 11.0. The van der Waals surface area contributed by atoms with E-state index >= 15 is 0 Å². The van der Waals surface area contributed by atoms with Crippen LogP contribution in [0.1, 0.15) is 45.4 Å². The Bertz CT molecular complexity index is 1310. The van der Waals surface area contributed by atoms with Crippen molar-refractivity contribution in [3.8, 4) is 0 Å². The molecule has 1 aliphatic heterocycles. The third-order valence-electron chi connectivity index (χ3n) is 6.14. The van der Waals surface area contributed by atoms with Crippen LogP contribution in [0.4, 0.5) is 35.3 Å². The number of amides is 1. The Labute approximate surface area is 257 Å². The molecular weight excluding hydrogens is 575 g/mol. The summed E-state index contributed by atoms with van der Waals surface area (Å²) in [5.74, 6) is 0.0374. The fraction of sp³-hybridized carbons (Fsp3) is 0.438. The van der Waals surface area contributed by atoms with E-state index in [4.69, 9.17) is 4.74 Å². The Balaban J connectivity index is 0.00000216. The number of benzene rings is 1. The van der Waals surface area contributed by atoms with Gasteiger partial charge in [0.05, 0.1) is 11.3 Å². The largest absolute Gasteiger partial charge is 0.444 e. The highest BCUT2D eigenvalue weighted by Gasteiger charge is 2.35. The second kappa shape index (κ2) is 16.6. The number of hydrogen-bond acceptors (Lipinski definition) is 8. The van der Waals surface area contributed by atoms with Crippen molar-refractivity contribution in [1.82, 2.24) is 14.9 Å². The first kappa shape index (κ1) is 36.0. The molecule has 0 radical (unpaired) electrons. The summed E-state index contributed by atoms with van der Waals surface area (Å²) in [6.07, 6.45) is 1.48. The Morgan fingerprint density at radius 2 is 1.70 bits per heavy atom. The fourth-order valence-electron chi connectivity index (χ4n) is 4.16. The van der Waals surface area contributed by atoms with E-state index < -0.39 is 17.3 Å². The molecule has 1 fully saturated rings. The molecule has 3 rings (SSSR count). The van der Waals surface area contributed by atoms with E-state index in [0.29, 0.717) is 49.3 Å². The van der Waals surface area contributed by atoms with Crippen molar-refractivity contribution in [2.45, 2.75) is 52.3 Å². The van der Waals surface area contributed by atoms with Crippen molar-refractivity contribution in [3.05, 3.63) is 77.7 Å². The van der Waals surface area contributed by atoms with E-state index in [-0.39, 0.29) is 30.6 Å². The zero-order valence-corrected chi connectivity index (χ0v) is 26.2. The SMILES string of the molecule is C=C(/C=C(C=O)\C=C/C)CCc1nc(Nc2ccc(N3CCN(C(=O)OC(C)(C)C)CC3)cc2)ncc1C(F)(F)F.COC. The molecule has 0 atom stereocenters. The molecule has 1 aromatic carbocycles. The van der Waals surface area contributed by atoms with Crippen LogP contribution in [0.2, 0.25) is 0 Å². The van der Waals surface area contributed by atoms with E-state index in [9.17, 15) is 22.8 Å². The molecule has 1 N–H and O–H groups in total. The van der Waals surface area contributed by atoms with Crippen molar-refractivity contribution in [2.24, 2.45) is 0 Å². The van der Waals surface area contributed by atoms with Gasteiger partial charge in [-0.05, 0) is 70.9 Å². The van der Waals surface area contributed by atoms with Crippen LogP contribution in [0.3, 0.4) is 0 Å². The predicted octanol–water partition coefficient (Wildman–Crippen LogP) is 6.75. The number of aromatic nitrogens is 2. The molecule has 0 spiro atoms. The molecule has 2 aromatic rings. The van der Waals surface area contributed by atoms with E-state index in [2.05, 4.69) is 31.5 Å². The first-order valence-electron chi connectivity index (χ1n) is 14.1. The van der Waals surface area contributed by atoms with Gasteiger partial charge in [-0.15, -0.1) is 0 Å². The van der Waals surface area contributed by atoms with Crippen LogP contribution in [0.25, 0.3) is 0 Å². The molecule has 0 saturated carbocycles. The van der Waals surface area contributed by atoms with Crippen LogP contribution >= 0.6 is 0 Å². The second-order valence-electron chi connectivity index (χ2n) is 11.0. The van der Waals surface area contributed by atoms with E-state index in [1.54, 1.807) is 56.4 Å². The van der Waals surface area contributed by atoms with Gasteiger partial charge in [0, 0.05) is 63.5 Å². The highest BCUT2D eigenvalue weighted by Crippen LogP contribution is 2.32. The number of carbonyl (C=O) groups is 2. The van der Waals surface area contributed by atoms with Crippen molar-refractivity contribution in [2.75, 3.05) is 50.6 Å². The summed E-state index contributed by atoms with van der Waals surface area (Å²) in [4.78, 5) is 35.3. The molecule has 0 unspecified atom stereocenters. The van der Waals surface area contributed by atoms with Crippen LogP contribution in [-0.2, 0) is 26.9 Å². The van der Waals surface area contributed by atoms with Crippen molar-refractivity contribution in [1.29, 1.82) is 0 Å². The molecule has 12 heteroatoms. The Morgan fingerprint density at radius 1 is 1.09 bits per heavy atom.